The second kappa shape index (κ2) is 10.5. The molecule has 0 saturated heterocycles. The second-order valence-electron chi connectivity index (χ2n) is 9.91. The smallest absolute Gasteiger partial charge is 0.321 e. The van der Waals surface area contributed by atoms with Gasteiger partial charge >= 0.3 is 12.0 Å². The van der Waals surface area contributed by atoms with Crippen LogP contribution in [-0.2, 0) is 24.3 Å². The van der Waals surface area contributed by atoms with E-state index in [-0.39, 0.29) is 23.4 Å². The Bertz CT molecular complexity index is 1020. The molecule has 0 unspecified atom stereocenters. The SMILES string of the molecule is CCOc1ccc(S(=O)(=O)NCCC(=O)OCC(=O)NC(=O)NC23CC4CC(CC(C4)C2)C3)cc1. The Hall–Kier alpha value is -2.66. The van der Waals surface area contributed by atoms with E-state index in [1.165, 1.54) is 31.4 Å². The van der Waals surface area contributed by atoms with Crippen LogP contribution in [0, 0.1) is 17.8 Å². The minimum atomic E-state index is -3.80. The van der Waals surface area contributed by atoms with Gasteiger partial charge in [0.2, 0.25) is 10.0 Å². The second-order valence-corrected chi connectivity index (χ2v) is 11.7. The van der Waals surface area contributed by atoms with Crippen LogP contribution in [0.3, 0.4) is 0 Å². The van der Waals surface area contributed by atoms with E-state index < -0.39 is 34.5 Å². The summed E-state index contributed by atoms with van der Waals surface area (Å²) >= 11 is 0. The van der Waals surface area contributed by atoms with Crippen LogP contribution in [0.5, 0.6) is 5.75 Å². The molecule has 4 saturated carbocycles. The first-order valence-electron chi connectivity index (χ1n) is 12.2. The predicted octanol–water partition coefficient (Wildman–Crippen LogP) is 2.09. The van der Waals surface area contributed by atoms with Gasteiger partial charge in [-0.1, -0.05) is 0 Å². The highest BCUT2D eigenvalue weighted by Gasteiger charge is 2.51. The maximum absolute atomic E-state index is 12.4. The molecule has 192 valence electrons. The van der Waals surface area contributed by atoms with Crippen molar-refractivity contribution in [2.45, 2.75) is 62.3 Å². The van der Waals surface area contributed by atoms with Crippen LogP contribution in [0.25, 0.3) is 0 Å². The van der Waals surface area contributed by atoms with Gasteiger partial charge in [-0.3, -0.25) is 14.9 Å². The summed E-state index contributed by atoms with van der Waals surface area (Å²) in [6, 6.07) is 5.35. The average molecular weight is 508 g/mol. The van der Waals surface area contributed by atoms with Gasteiger partial charge in [-0.2, -0.15) is 0 Å². The highest BCUT2D eigenvalue weighted by molar-refractivity contribution is 7.89. The number of amides is 3. The number of sulfonamides is 1. The first kappa shape index (κ1) is 25.4. The molecule has 3 amide bonds. The lowest BCUT2D eigenvalue weighted by Gasteiger charge is -2.56. The number of hydrogen-bond donors (Lipinski definition) is 3. The molecule has 0 heterocycles. The summed E-state index contributed by atoms with van der Waals surface area (Å²) < 4.78 is 37.1. The predicted molar refractivity (Wildman–Crippen MR) is 126 cm³/mol. The first-order chi connectivity index (χ1) is 16.7. The molecule has 4 bridgehead atoms. The Morgan fingerprint density at radius 2 is 1.60 bits per heavy atom. The fraction of sp³-hybridized carbons (Fsp3) is 0.625. The number of hydrogen-bond acceptors (Lipinski definition) is 7. The molecule has 0 radical (unpaired) electrons. The quantitative estimate of drug-likeness (QED) is 0.412. The minimum Gasteiger partial charge on any atom is -0.494 e. The van der Waals surface area contributed by atoms with Gasteiger partial charge in [0.05, 0.1) is 17.9 Å². The van der Waals surface area contributed by atoms with Crippen molar-refractivity contribution in [3.8, 4) is 5.75 Å². The Morgan fingerprint density at radius 3 is 2.17 bits per heavy atom. The summed E-state index contributed by atoms with van der Waals surface area (Å²) in [4.78, 5) is 36.4. The summed E-state index contributed by atoms with van der Waals surface area (Å²) in [5.41, 5.74) is -0.226. The van der Waals surface area contributed by atoms with E-state index >= 15 is 0 Å². The first-order valence-corrected chi connectivity index (χ1v) is 13.6. The molecule has 4 fully saturated rings. The molecule has 0 aromatic heterocycles. The summed E-state index contributed by atoms with van der Waals surface area (Å²) in [7, 11) is -3.80. The molecule has 10 nitrogen and oxygen atoms in total. The third-order valence-electron chi connectivity index (χ3n) is 7.10. The Labute approximate surface area is 205 Å². The Morgan fingerprint density at radius 1 is 1.00 bits per heavy atom. The molecule has 0 aliphatic heterocycles. The topological polar surface area (TPSA) is 140 Å². The molecule has 0 spiro atoms. The molecule has 5 rings (SSSR count). The molecular weight excluding hydrogens is 474 g/mol. The number of ether oxygens (including phenoxy) is 2. The average Bonchev–Trinajstić information content (AvgIpc) is 2.77. The highest BCUT2D eigenvalue weighted by atomic mass is 32.2. The van der Waals surface area contributed by atoms with Crippen molar-refractivity contribution in [2.75, 3.05) is 19.8 Å². The molecule has 4 aliphatic carbocycles. The monoisotopic (exact) mass is 507 g/mol. The van der Waals surface area contributed by atoms with Crippen LogP contribution >= 0.6 is 0 Å². The molecule has 1 aromatic carbocycles. The number of carbonyl (C=O) groups excluding carboxylic acids is 3. The number of rotatable bonds is 10. The number of benzene rings is 1. The van der Waals surface area contributed by atoms with Gasteiger partial charge in [-0.25, -0.2) is 17.9 Å². The summed E-state index contributed by atoms with van der Waals surface area (Å²) in [5, 5.41) is 5.26. The zero-order chi connectivity index (χ0) is 25.1. The molecule has 11 heteroatoms. The van der Waals surface area contributed by atoms with Gasteiger partial charge in [0.25, 0.3) is 5.91 Å². The largest absolute Gasteiger partial charge is 0.494 e. The van der Waals surface area contributed by atoms with Crippen molar-refractivity contribution in [3.63, 3.8) is 0 Å². The Kier molecular flexibility index (Phi) is 7.65. The molecule has 0 atom stereocenters. The van der Waals surface area contributed by atoms with Gasteiger partial charge in [0.1, 0.15) is 5.75 Å². The molecule has 35 heavy (non-hydrogen) atoms. The van der Waals surface area contributed by atoms with Crippen molar-refractivity contribution in [1.29, 1.82) is 0 Å². The van der Waals surface area contributed by atoms with Crippen molar-refractivity contribution >= 4 is 27.9 Å². The van der Waals surface area contributed by atoms with E-state index in [9.17, 15) is 22.8 Å². The van der Waals surface area contributed by atoms with Gasteiger partial charge in [-0.15, -0.1) is 0 Å². The van der Waals surface area contributed by atoms with Gasteiger partial charge in [0.15, 0.2) is 6.61 Å². The fourth-order valence-corrected chi connectivity index (χ4v) is 7.20. The van der Waals surface area contributed by atoms with Crippen LogP contribution in [0.1, 0.15) is 51.9 Å². The van der Waals surface area contributed by atoms with E-state index in [2.05, 4.69) is 15.4 Å². The molecular formula is C24H33N3O7S. The summed E-state index contributed by atoms with van der Waals surface area (Å²) in [6.07, 6.45) is 6.35. The van der Waals surface area contributed by atoms with Crippen LogP contribution in [0.4, 0.5) is 4.79 Å². The minimum absolute atomic E-state index is 0.0405. The van der Waals surface area contributed by atoms with E-state index in [1.807, 2.05) is 6.92 Å². The lowest BCUT2D eigenvalue weighted by atomic mass is 9.53. The number of esters is 1. The van der Waals surface area contributed by atoms with Crippen LogP contribution in [0.2, 0.25) is 0 Å². The zero-order valence-electron chi connectivity index (χ0n) is 19.9. The number of urea groups is 1. The third kappa shape index (κ3) is 6.52. The number of imide groups is 1. The van der Waals surface area contributed by atoms with Crippen LogP contribution < -0.4 is 20.1 Å². The normalized spacial score (nSPS) is 26.7. The maximum atomic E-state index is 12.4. The van der Waals surface area contributed by atoms with Gasteiger partial charge in [-0.05, 0) is 87.5 Å². The lowest BCUT2D eigenvalue weighted by molar-refractivity contribution is -0.148. The molecule has 4 aliphatic rings. The van der Waals surface area contributed by atoms with E-state index in [0.29, 0.717) is 30.1 Å². The lowest BCUT2D eigenvalue weighted by Crippen LogP contribution is -2.62. The van der Waals surface area contributed by atoms with E-state index in [0.717, 1.165) is 19.3 Å². The Balaban J connectivity index is 1.14. The van der Waals surface area contributed by atoms with Gasteiger partial charge < -0.3 is 14.8 Å². The van der Waals surface area contributed by atoms with Crippen LogP contribution in [0.15, 0.2) is 29.2 Å². The maximum Gasteiger partial charge on any atom is 0.321 e. The molecule has 1 aromatic rings. The van der Waals surface area contributed by atoms with Gasteiger partial charge in [0, 0.05) is 12.1 Å². The van der Waals surface area contributed by atoms with E-state index in [4.69, 9.17) is 9.47 Å². The highest BCUT2D eigenvalue weighted by Crippen LogP contribution is 2.55. The van der Waals surface area contributed by atoms with Crippen molar-refractivity contribution < 1.29 is 32.3 Å². The van der Waals surface area contributed by atoms with Crippen molar-refractivity contribution in [3.05, 3.63) is 24.3 Å². The number of carbonyl (C=O) groups is 3. The number of nitrogens with one attached hydrogen (secondary N) is 3. The fourth-order valence-electron chi connectivity index (χ4n) is 6.17. The van der Waals surface area contributed by atoms with Crippen molar-refractivity contribution in [2.24, 2.45) is 17.8 Å². The van der Waals surface area contributed by atoms with E-state index in [1.54, 1.807) is 12.1 Å². The zero-order valence-corrected chi connectivity index (χ0v) is 20.7. The summed E-state index contributed by atoms with van der Waals surface area (Å²) in [6.45, 7) is 1.49. The standard InChI is InChI=1S/C24H33N3O7S/c1-2-33-19-3-5-20(6-4-19)35(31,32)25-8-7-22(29)34-15-21(28)26-23(30)27-24-12-16-9-17(13-24)11-18(10-16)14-24/h3-6,16-18,25H,2,7-15H2,1H3,(H2,26,27,28,30). The van der Waals surface area contributed by atoms with Crippen LogP contribution in [-0.4, -0.2) is 51.6 Å². The third-order valence-corrected chi connectivity index (χ3v) is 8.58. The summed E-state index contributed by atoms with van der Waals surface area (Å²) in [5.74, 6) is 1.05. The molecule has 3 N–H and O–H groups in total. The van der Waals surface area contributed by atoms with Crippen molar-refractivity contribution in [1.82, 2.24) is 15.4 Å².